The second-order valence-electron chi connectivity index (χ2n) is 5.44. The highest BCUT2D eigenvalue weighted by molar-refractivity contribution is 6.16. The number of benzene rings is 1. The smallest absolute Gasteiger partial charge is 0.147 e. The van der Waals surface area contributed by atoms with Gasteiger partial charge in [0.05, 0.1) is 30.1 Å². The second kappa shape index (κ2) is 6.24. The summed E-state index contributed by atoms with van der Waals surface area (Å²) < 4.78 is 13.8. The van der Waals surface area contributed by atoms with Gasteiger partial charge in [0.2, 0.25) is 0 Å². The third-order valence-electron chi connectivity index (χ3n) is 4.01. The van der Waals surface area contributed by atoms with E-state index in [1.165, 1.54) is 0 Å². The van der Waals surface area contributed by atoms with Crippen LogP contribution < -0.4 is 4.74 Å². The Morgan fingerprint density at radius 2 is 2.33 bits per heavy atom. The summed E-state index contributed by atoms with van der Waals surface area (Å²) in [6.07, 6.45) is 2.16. The number of hydrogen-bond donors (Lipinski definition) is 0. The maximum atomic E-state index is 6.12. The number of alkyl halides is 1. The Morgan fingerprint density at radius 3 is 3.00 bits per heavy atom. The molecule has 3 rings (SSSR count). The third kappa shape index (κ3) is 2.62. The van der Waals surface area contributed by atoms with E-state index in [1.807, 2.05) is 12.1 Å². The molecule has 4 nitrogen and oxygen atoms in total. The average Bonchev–Trinajstić information content (AvgIpc) is 3.07. The number of imidazole rings is 1. The zero-order valence-corrected chi connectivity index (χ0v) is 13.3. The van der Waals surface area contributed by atoms with Crippen molar-refractivity contribution in [3.8, 4) is 5.75 Å². The lowest BCUT2D eigenvalue weighted by Crippen LogP contribution is -2.18. The fraction of sp³-hybridized carbons (Fsp3) is 0.562. The molecule has 1 saturated heterocycles. The first-order valence-electron chi connectivity index (χ1n) is 7.56. The number of hydrogen-bond acceptors (Lipinski definition) is 3. The topological polar surface area (TPSA) is 36.3 Å². The van der Waals surface area contributed by atoms with Gasteiger partial charge in [0.15, 0.2) is 0 Å². The van der Waals surface area contributed by atoms with Crippen molar-refractivity contribution < 1.29 is 9.47 Å². The minimum Gasteiger partial charge on any atom is -0.491 e. The quantitative estimate of drug-likeness (QED) is 0.786. The molecule has 2 atom stereocenters. The summed E-state index contributed by atoms with van der Waals surface area (Å²) >= 11 is 6.12. The fourth-order valence-electron chi connectivity index (χ4n) is 2.99. The van der Waals surface area contributed by atoms with Gasteiger partial charge in [-0.1, -0.05) is 13.0 Å². The van der Waals surface area contributed by atoms with Crippen molar-refractivity contribution in [2.75, 3.05) is 13.2 Å². The highest BCUT2D eigenvalue weighted by Crippen LogP contribution is 2.34. The van der Waals surface area contributed by atoms with Gasteiger partial charge >= 0.3 is 0 Å². The van der Waals surface area contributed by atoms with Crippen LogP contribution in [0.15, 0.2) is 18.2 Å². The van der Waals surface area contributed by atoms with E-state index >= 15 is 0 Å². The highest BCUT2D eigenvalue weighted by atomic mass is 35.5. The summed E-state index contributed by atoms with van der Waals surface area (Å²) in [4.78, 5) is 4.71. The predicted molar refractivity (Wildman–Crippen MR) is 84.1 cm³/mol. The lowest BCUT2D eigenvalue weighted by Gasteiger charge is -2.19. The van der Waals surface area contributed by atoms with E-state index in [0.29, 0.717) is 18.5 Å². The van der Waals surface area contributed by atoms with E-state index in [-0.39, 0.29) is 6.10 Å². The summed E-state index contributed by atoms with van der Waals surface area (Å²) in [5.74, 6) is 2.12. The first kappa shape index (κ1) is 14.7. The molecule has 0 aliphatic carbocycles. The van der Waals surface area contributed by atoms with Gasteiger partial charge in [0.25, 0.3) is 0 Å². The first-order chi connectivity index (χ1) is 10.3. The molecule has 114 valence electrons. The minimum atomic E-state index is 0.185. The molecule has 1 aromatic carbocycles. The van der Waals surface area contributed by atoms with Crippen LogP contribution in [0.1, 0.15) is 38.6 Å². The molecule has 0 spiro atoms. The van der Waals surface area contributed by atoms with Crippen LogP contribution in [-0.4, -0.2) is 28.9 Å². The maximum Gasteiger partial charge on any atom is 0.147 e. The molecule has 1 fully saturated rings. The van der Waals surface area contributed by atoms with Gasteiger partial charge in [0, 0.05) is 6.61 Å². The molecule has 0 saturated carbocycles. The summed E-state index contributed by atoms with van der Waals surface area (Å²) in [5, 5.41) is 0. The molecular weight excluding hydrogens is 288 g/mol. The van der Waals surface area contributed by atoms with E-state index in [9.17, 15) is 0 Å². The minimum absolute atomic E-state index is 0.185. The number of aromatic nitrogens is 2. The summed E-state index contributed by atoms with van der Waals surface area (Å²) in [6, 6.07) is 6.37. The van der Waals surface area contributed by atoms with Gasteiger partial charge in [-0.2, -0.15) is 0 Å². The largest absolute Gasteiger partial charge is 0.491 e. The monoisotopic (exact) mass is 308 g/mol. The number of fused-ring (bicyclic) bond motifs is 1. The van der Waals surface area contributed by atoms with Gasteiger partial charge < -0.3 is 14.0 Å². The van der Waals surface area contributed by atoms with Crippen LogP contribution >= 0.6 is 11.6 Å². The molecule has 0 N–H and O–H groups in total. The Labute approximate surface area is 130 Å². The van der Waals surface area contributed by atoms with Gasteiger partial charge in [-0.05, 0) is 31.9 Å². The molecule has 2 heterocycles. The van der Waals surface area contributed by atoms with Crippen molar-refractivity contribution in [3.63, 3.8) is 0 Å². The molecule has 0 amide bonds. The second-order valence-corrected chi connectivity index (χ2v) is 5.70. The molecule has 1 aliphatic rings. The lowest BCUT2D eigenvalue weighted by atomic mass is 10.1. The number of para-hydroxylation sites is 1. The Kier molecular flexibility index (Phi) is 4.36. The first-order valence-corrected chi connectivity index (χ1v) is 8.10. The molecule has 0 radical (unpaired) electrons. The fourth-order valence-corrected chi connectivity index (χ4v) is 3.18. The van der Waals surface area contributed by atoms with E-state index in [4.69, 9.17) is 26.1 Å². The Morgan fingerprint density at radius 1 is 1.48 bits per heavy atom. The molecule has 1 aliphatic heterocycles. The van der Waals surface area contributed by atoms with Crippen molar-refractivity contribution in [2.45, 2.75) is 44.7 Å². The number of ether oxygens (including phenoxy) is 2. The van der Waals surface area contributed by atoms with Crippen LogP contribution in [0.3, 0.4) is 0 Å². The lowest BCUT2D eigenvalue weighted by molar-refractivity contribution is 0.108. The molecule has 0 bridgehead atoms. The van der Waals surface area contributed by atoms with Crippen LogP contribution in [0.25, 0.3) is 11.0 Å². The SMILES string of the molecule is CCCOc1cccc2c1nc(CCl)n2C1CCOC1C. The standard InChI is InChI=1S/C16H21ClN2O2/c1-3-8-21-14-6-4-5-13-16(14)18-15(10-17)19(13)12-7-9-20-11(12)2/h4-6,11-12H,3,7-10H2,1-2H3. The van der Waals surface area contributed by atoms with E-state index in [0.717, 1.165) is 42.1 Å². The van der Waals surface area contributed by atoms with E-state index < -0.39 is 0 Å². The summed E-state index contributed by atoms with van der Waals surface area (Å²) in [5.41, 5.74) is 1.99. The zero-order chi connectivity index (χ0) is 14.8. The predicted octanol–water partition coefficient (Wildman–Crippen LogP) is 3.91. The normalized spacial score (nSPS) is 22.0. The summed E-state index contributed by atoms with van der Waals surface area (Å²) in [7, 11) is 0. The number of halogens is 1. The van der Waals surface area contributed by atoms with Crippen molar-refractivity contribution >= 4 is 22.6 Å². The number of nitrogens with zero attached hydrogens (tertiary/aromatic N) is 2. The number of rotatable bonds is 5. The Balaban J connectivity index is 2.10. The molecular formula is C16H21ClN2O2. The highest BCUT2D eigenvalue weighted by Gasteiger charge is 2.29. The van der Waals surface area contributed by atoms with Crippen molar-refractivity contribution in [3.05, 3.63) is 24.0 Å². The van der Waals surface area contributed by atoms with Gasteiger partial charge in [-0.15, -0.1) is 11.6 Å². The van der Waals surface area contributed by atoms with Crippen LogP contribution in [-0.2, 0) is 10.6 Å². The van der Waals surface area contributed by atoms with Crippen molar-refractivity contribution in [1.82, 2.24) is 9.55 Å². The summed E-state index contributed by atoms with van der Waals surface area (Å²) in [6.45, 7) is 5.70. The van der Waals surface area contributed by atoms with Crippen LogP contribution in [0.5, 0.6) is 5.75 Å². The van der Waals surface area contributed by atoms with E-state index in [2.05, 4.69) is 24.5 Å². The van der Waals surface area contributed by atoms with Gasteiger partial charge in [-0.3, -0.25) is 0 Å². The van der Waals surface area contributed by atoms with Crippen LogP contribution in [0.4, 0.5) is 0 Å². The van der Waals surface area contributed by atoms with Crippen molar-refractivity contribution in [1.29, 1.82) is 0 Å². The van der Waals surface area contributed by atoms with Gasteiger partial charge in [-0.25, -0.2) is 4.98 Å². The van der Waals surface area contributed by atoms with Crippen LogP contribution in [0, 0.1) is 0 Å². The van der Waals surface area contributed by atoms with Crippen LogP contribution in [0.2, 0.25) is 0 Å². The molecule has 5 heteroatoms. The average molecular weight is 309 g/mol. The van der Waals surface area contributed by atoms with E-state index in [1.54, 1.807) is 0 Å². The molecule has 2 aromatic rings. The van der Waals surface area contributed by atoms with Gasteiger partial charge in [0.1, 0.15) is 17.1 Å². The molecule has 1 aromatic heterocycles. The molecule has 2 unspecified atom stereocenters. The maximum absolute atomic E-state index is 6.12. The Bertz CT molecular complexity index is 626. The Hall–Kier alpha value is -1.26. The third-order valence-corrected chi connectivity index (χ3v) is 4.24. The van der Waals surface area contributed by atoms with Crippen molar-refractivity contribution in [2.24, 2.45) is 0 Å². The zero-order valence-electron chi connectivity index (χ0n) is 12.5. The molecule has 21 heavy (non-hydrogen) atoms.